The zero-order chi connectivity index (χ0) is 22.2. The first-order valence-electron chi connectivity index (χ1n) is 10.1. The number of para-hydroxylation sites is 1. The minimum Gasteiger partial charge on any atom is -0.352 e. The van der Waals surface area contributed by atoms with Crippen molar-refractivity contribution in [3.8, 4) is 0 Å². The number of amides is 4. The van der Waals surface area contributed by atoms with Crippen LogP contribution in [-0.4, -0.2) is 60.4 Å². The van der Waals surface area contributed by atoms with E-state index < -0.39 is 12.1 Å². The highest BCUT2D eigenvalue weighted by Crippen LogP contribution is 2.21. The van der Waals surface area contributed by atoms with Crippen molar-refractivity contribution in [2.75, 3.05) is 38.0 Å². The molecule has 1 saturated heterocycles. The number of piperazine rings is 1. The number of anilines is 1. The smallest absolute Gasteiger partial charge is 0.312 e. The summed E-state index contributed by atoms with van der Waals surface area (Å²) in [5, 5.41) is 5.94. The van der Waals surface area contributed by atoms with Gasteiger partial charge in [0.1, 0.15) is 0 Å². The molecule has 1 aliphatic heterocycles. The van der Waals surface area contributed by atoms with E-state index in [2.05, 4.69) is 10.6 Å². The first-order chi connectivity index (χ1) is 14.9. The minimum atomic E-state index is -0.670. The van der Waals surface area contributed by atoms with Gasteiger partial charge >= 0.3 is 6.03 Å². The van der Waals surface area contributed by atoms with Crippen LogP contribution in [0.3, 0.4) is 0 Å². The molecule has 9 heteroatoms. The fraction of sp³-hybridized carbons (Fsp3) is 0.318. The number of carbonyl (C=O) groups is 3. The molecule has 1 atom stereocenters. The second kappa shape index (κ2) is 10.8. The molecule has 1 unspecified atom stereocenters. The molecule has 0 bridgehead atoms. The molecule has 0 radical (unpaired) electrons. The number of nitrogens with two attached hydrogens (primary N) is 1. The summed E-state index contributed by atoms with van der Waals surface area (Å²) in [6.45, 7) is 2.41. The summed E-state index contributed by atoms with van der Waals surface area (Å²) in [6, 6.07) is 15.2. The number of nitrogens with zero attached hydrogens (tertiary/aromatic N) is 2. The summed E-state index contributed by atoms with van der Waals surface area (Å²) in [6.07, 6.45) is 0.125. The number of rotatable bonds is 7. The van der Waals surface area contributed by atoms with Gasteiger partial charge in [0.15, 0.2) is 0 Å². The van der Waals surface area contributed by atoms with Crippen LogP contribution in [0.2, 0.25) is 5.02 Å². The molecule has 8 nitrogen and oxygen atoms in total. The number of carbonyl (C=O) groups excluding carboxylic acids is 3. The molecule has 0 aliphatic carbocycles. The maximum absolute atomic E-state index is 12.8. The fourth-order valence-electron chi connectivity index (χ4n) is 3.52. The lowest BCUT2D eigenvalue weighted by molar-refractivity contribution is -0.133. The van der Waals surface area contributed by atoms with E-state index >= 15 is 0 Å². The number of urea groups is 1. The summed E-state index contributed by atoms with van der Waals surface area (Å²) in [5.74, 6) is -0.217. The van der Waals surface area contributed by atoms with Crippen LogP contribution >= 0.6 is 11.6 Å². The van der Waals surface area contributed by atoms with Gasteiger partial charge in [-0.25, -0.2) is 4.79 Å². The Bertz CT molecular complexity index is 916. The Morgan fingerprint density at radius 3 is 2.26 bits per heavy atom. The Morgan fingerprint density at radius 2 is 1.61 bits per heavy atom. The maximum atomic E-state index is 12.8. The van der Waals surface area contributed by atoms with Gasteiger partial charge in [0.2, 0.25) is 11.8 Å². The standard InChI is InChI=1S/C22H26ClN5O3/c23-17-8-4-5-9-18(17)25-20(29)15-27-10-12-28(13-11-27)21(30)14-19(26-22(24)31)16-6-2-1-3-7-16/h1-9,19H,10-15H2,(H,25,29)(H3,24,26,31). The van der Waals surface area contributed by atoms with Crippen molar-refractivity contribution in [1.82, 2.24) is 15.1 Å². The molecule has 2 aromatic carbocycles. The van der Waals surface area contributed by atoms with Crippen LogP contribution in [-0.2, 0) is 9.59 Å². The minimum absolute atomic E-state index is 0.0669. The van der Waals surface area contributed by atoms with Gasteiger partial charge in [-0.3, -0.25) is 14.5 Å². The lowest BCUT2D eigenvalue weighted by Crippen LogP contribution is -2.51. The van der Waals surface area contributed by atoms with Gasteiger partial charge in [0.25, 0.3) is 0 Å². The Balaban J connectivity index is 1.49. The molecule has 1 heterocycles. The first kappa shape index (κ1) is 22.6. The molecule has 0 saturated carbocycles. The predicted molar refractivity (Wildman–Crippen MR) is 120 cm³/mol. The molecule has 164 valence electrons. The van der Waals surface area contributed by atoms with E-state index in [-0.39, 0.29) is 24.8 Å². The topological polar surface area (TPSA) is 108 Å². The number of hydrogen-bond acceptors (Lipinski definition) is 4. The average Bonchev–Trinajstić information content (AvgIpc) is 2.75. The van der Waals surface area contributed by atoms with Crippen LogP contribution in [0, 0.1) is 0 Å². The number of hydrogen-bond donors (Lipinski definition) is 3. The van der Waals surface area contributed by atoms with Gasteiger partial charge in [-0.1, -0.05) is 54.1 Å². The third kappa shape index (κ3) is 6.70. The van der Waals surface area contributed by atoms with Gasteiger partial charge in [-0.15, -0.1) is 0 Å². The molecule has 2 aromatic rings. The average molecular weight is 444 g/mol. The van der Waals surface area contributed by atoms with Crippen LogP contribution in [0.4, 0.5) is 10.5 Å². The highest BCUT2D eigenvalue weighted by atomic mass is 35.5. The lowest BCUT2D eigenvalue weighted by Gasteiger charge is -2.35. The summed E-state index contributed by atoms with van der Waals surface area (Å²) in [5.41, 5.74) is 6.69. The summed E-state index contributed by atoms with van der Waals surface area (Å²) >= 11 is 6.08. The molecule has 3 rings (SSSR count). The zero-order valence-electron chi connectivity index (χ0n) is 17.1. The van der Waals surface area contributed by atoms with Crippen molar-refractivity contribution in [2.45, 2.75) is 12.5 Å². The van der Waals surface area contributed by atoms with Crippen LogP contribution in [0.5, 0.6) is 0 Å². The fourth-order valence-corrected chi connectivity index (χ4v) is 3.71. The Hall–Kier alpha value is -3.10. The monoisotopic (exact) mass is 443 g/mol. The largest absolute Gasteiger partial charge is 0.352 e. The lowest BCUT2D eigenvalue weighted by atomic mass is 10.0. The van der Waals surface area contributed by atoms with Crippen molar-refractivity contribution < 1.29 is 14.4 Å². The number of primary amides is 1. The molecule has 31 heavy (non-hydrogen) atoms. The van der Waals surface area contributed by atoms with Crippen LogP contribution in [0.25, 0.3) is 0 Å². The van der Waals surface area contributed by atoms with Crippen molar-refractivity contribution in [1.29, 1.82) is 0 Å². The summed E-state index contributed by atoms with van der Waals surface area (Å²) < 4.78 is 0. The number of nitrogens with one attached hydrogen (secondary N) is 2. The summed E-state index contributed by atoms with van der Waals surface area (Å²) in [4.78, 5) is 40.2. The quantitative estimate of drug-likeness (QED) is 0.609. The molecule has 0 aromatic heterocycles. The molecular weight excluding hydrogens is 418 g/mol. The van der Waals surface area contributed by atoms with Gasteiger partial charge in [0.05, 0.1) is 29.7 Å². The van der Waals surface area contributed by atoms with Crippen molar-refractivity contribution >= 4 is 35.1 Å². The van der Waals surface area contributed by atoms with E-state index in [1.54, 1.807) is 23.1 Å². The van der Waals surface area contributed by atoms with Crippen molar-refractivity contribution in [3.63, 3.8) is 0 Å². The van der Waals surface area contributed by atoms with Crippen molar-refractivity contribution in [3.05, 3.63) is 65.2 Å². The van der Waals surface area contributed by atoms with E-state index in [1.165, 1.54) is 0 Å². The molecule has 4 amide bonds. The predicted octanol–water partition coefficient (Wildman–Crippen LogP) is 2.22. The highest BCUT2D eigenvalue weighted by Gasteiger charge is 2.25. The maximum Gasteiger partial charge on any atom is 0.312 e. The Morgan fingerprint density at radius 1 is 0.968 bits per heavy atom. The van der Waals surface area contributed by atoms with E-state index in [0.717, 1.165) is 5.56 Å². The second-order valence-corrected chi connectivity index (χ2v) is 7.77. The zero-order valence-corrected chi connectivity index (χ0v) is 17.8. The molecule has 1 fully saturated rings. The second-order valence-electron chi connectivity index (χ2n) is 7.36. The molecule has 0 spiro atoms. The Kier molecular flexibility index (Phi) is 7.86. The van der Waals surface area contributed by atoms with Crippen molar-refractivity contribution in [2.24, 2.45) is 5.73 Å². The van der Waals surface area contributed by atoms with E-state index in [4.69, 9.17) is 17.3 Å². The number of benzene rings is 2. The van der Waals surface area contributed by atoms with E-state index in [1.807, 2.05) is 41.3 Å². The highest BCUT2D eigenvalue weighted by molar-refractivity contribution is 6.33. The van der Waals surface area contributed by atoms with E-state index in [0.29, 0.717) is 36.9 Å². The Labute approximate surface area is 186 Å². The third-order valence-electron chi connectivity index (χ3n) is 5.14. The van der Waals surface area contributed by atoms with Gasteiger partial charge in [0, 0.05) is 26.2 Å². The molecule has 1 aliphatic rings. The van der Waals surface area contributed by atoms with Crippen LogP contribution in [0.15, 0.2) is 54.6 Å². The normalized spacial score (nSPS) is 15.2. The van der Waals surface area contributed by atoms with Crippen LogP contribution in [0.1, 0.15) is 18.0 Å². The first-order valence-corrected chi connectivity index (χ1v) is 10.5. The SMILES string of the molecule is NC(=O)NC(CC(=O)N1CCN(CC(=O)Nc2ccccc2Cl)CC1)c1ccccc1. The van der Waals surface area contributed by atoms with Gasteiger partial charge in [-0.2, -0.15) is 0 Å². The molecular formula is C22H26ClN5O3. The van der Waals surface area contributed by atoms with Crippen LogP contribution < -0.4 is 16.4 Å². The summed E-state index contributed by atoms with van der Waals surface area (Å²) in [7, 11) is 0. The third-order valence-corrected chi connectivity index (χ3v) is 5.47. The van der Waals surface area contributed by atoms with Gasteiger partial charge in [-0.05, 0) is 17.7 Å². The van der Waals surface area contributed by atoms with E-state index in [9.17, 15) is 14.4 Å². The van der Waals surface area contributed by atoms with Gasteiger partial charge < -0.3 is 21.3 Å². The number of halogens is 1. The molecule has 4 N–H and O–H groups in total.